The SMILES string of the molecule is CCC(C)(C)c1ccc([C@H]2CN2)cc1. The summed E-state index contributed by atoms with van der Waals surface area (Å²) in [7, 11) is 0. The largest absolute Gasteiger partial charge is 0.307 e. The van der Waals surface area contributed by atoms with Crippen LogP contribution in [0.3, 0.4) is 0 Å². The molecule has 1 aliphatic rings. The highest BCUT2D eigenvalue weighted by molar-refractivity contribution is 5.31. The lowest BCUT2D eigenvalue weighted by molar-refractivity contribution is 0.506. The monoisotopic (exact) mass is 189 g/mol. The van der Waals surface area contributed by atoms with Crippen LogP contribution < -0.4 is 5.32 Å². The zero-order chi connectivity index (χ0) is 10.2. The first-order valence-corrected chi connectivity index (χ1v) is 5.47. The van der Waals surface area contributed by atoms with E-state index in [0.717, 1.165) is 6.54 Å². The van der Waals surface area contributed by atoms with Gasteiger partial charge in [0.25, 0.3) is 0 Å². The first kappa shape index (κ1) is 9.72. The molecule has 1 nitrogen and oxygen atoms in total. The van der Waals surface area contributed by atoms with Crippen LogP contribution in [0.1, 0.15) is 44.4 Å². The van der Waals surface area contributed by atoms with E-state index >= 15 is 0 Å². The van der Waals surface area contributed by atoms with Crippen LogP contribution in [-0.2, 0) is 5.41 Å². The van der Waals surface area contributed by atoms with Crippen molar-refractivity contribution in [1.82, 2.24) is 5.32 Å². The van der Waals surface area contributed by atoms with E-state index in [4.69, 9.17) is 0 Å². The van der Waals surface area contributed by atoms with Crippen molar-refractivity contribution < 1.29 is 0 Å². The molecule has 0 saturated carbocycles. The highest BCUT2D eigenvalue weighted by Crippen LogP contribution is 2.29. The number of benzene rings is 1. The normalized spacial score (nSPS) is 20.9. The Morgan fingerprint density at radius 1 is 1.29 bits per heavy atom. The summed E-state index contributed by atoms with van der Waals surface area (Å²) < 4.78 is 0. The minimum atomic E-state index is 0.315. The average Bonchev–Trinajstić information content (AvgIpc) is 3.01. The molecule has 1 N–H and O–H groups in total. The third-order valence-corrected chi connectivity index (χ3v) is 3.39. The van der Waals surface area contributed by atoms with Crippen molar-refractivity contribution in [2.24, 2.45) is 0 Å². The predicted molar refractivity (Wildman–Crippen MR) is 60.5 cm³/mol. The van der Waals surface area contributed by atoms with Crippen LogP contribution in [0.25, 0.3) is 0 Å². The molecule has 0 amide bonds. The molecule has 1 aromatic rings. The molecule has 1 heterocycles. The Kier molecular flexibility index (Phi) is 2.36. The van der Waals surface area contributed by atoms with Gasteiger partial charge < -0.3 is 5.32 Å². The third-order valence-electron chi connectivity index (χ3n) is 3.39. The van der Waals surface area contributed by atoms with Gasteiger partial charge >= 0.3 is 0 Å². The van der Waals surface area contributed by atoms with Crippen molar-refractivity contribution in [3.63, 3.8) is 0 Å². The Morgan fingerprint density at radius 2 is 1.86 bits per heavy atom. The van der Waals surface area contributed by atoms with Crippen LogP contribution in [0.2, 0.25) is 0 Å². The van der Waals surface area contributed by atoms with Crippen molar-refractivity contribution in [3.05, 3.63) is 35.4 Å². The topological polar surface area (TPSA) is 21.9 Å². The molecule has 14 heavy (non-hydrogen) atoms. The van der Waals surface area contributed by atoms with E-state index in [9.17, 15) is 0 Å². The third kappa shape index (κ3) is 1.83. The molecular formula is C13H19N. The number of nitrogens with one attached hydrogen (secondary N) is 1. The molecule has 1 fully saturated rings. The van der Waals surface area contributed by atoms with E-state index in [1.807, 2.05) is 0 Å². The summed E-state index contributed by atoms with van der Waals surface area (Å²) in [5, 5.41) is 3.32. The molecule has 1 aliphatic heterocycles. The van der Waals surface area contributed by atoms with E-state index in [1.54, 1.807) is 0 Å². The second-order valence-electron chi connectivity index (χ2n) is 4.82. The van der Waals surface area contributed by atoms with Crippen LogP contribution in [0.5, 0.6) is 0 Å². The minimum absolute atomic E-state index is 0.315. The fourth-order valence-corrected chi connectivity index (χ4v) is 1.67. The summed E-state index contributed by atoms with van der Waals surface area (Å²) >= 11 is 0. The minimum Gasteiger partial charge on any atom is -0.307 e. The summed E-state index contributed by atoms with van der Waals surface area (Å²) in [5.74, 6) is 0. The predicted octanol–water partition coefficient (Wildman–Crippen LogP) is 3.02. The van der Waals surface area contributed by atoms with Crippen molar-refractivity contribution in [2.75, 3.05) is 6.54 Å². The fourth-order valence-electron chi connectivity index (χ4n) is 1.67. The van der Waals surface area contributed by atoms with E-state index in [0.29, 0.717) is 11.5 Å². The Bertz CT molecular complexity index is 307. The second kappa shape index (κ2) is 3.39. The highest BCUT2D eigenvalue weighted by atomic mass is 15.1. The average molecular weight is 189 g/mol. The van der Waals surface area contributed by atoms with Gasteiger partial charge in [0.15, 0.2) is 0 Å². The fraction of sp³-hybridized carbons (Fsp3) is 0.538. The smallest absolute Gasteiger partial charge is 0.0447 e. The maximum absolute atomic E-state index is 3.32. The van der Waals surface area contributed by atoms with Gasteiger partial charge in [0, 0.05) is 12.6 Å². The van der Waals surface area contributed by atoms with E-state index in [1.165, 1.54) is 17.5 Å². The molecule has 1 saturated heterocycles. The zero-order valence-electron chi connectivity index (χ0n) is 9.30. The van der Waals surface area contributed by atoms with Crippen LogP contribution in [0.15, 0.2) is 24.3 Å². The summed E-state index contributed by atoms with van der Waals surface area (Å²) in [6.07, 6.45) is 1.19. The van der Waals surface area contributed by atoms with Crippen LogP contribution in [-0.4, -0.2) is 6.54 Å². The first-order chi connectivity index (χ1) is 6.63. The van der Waals surface area contributed by atoms with Gasteiger partial charge in [0.2, 0.25) is 0 Å². The van der Waals surface area contributed by atoms with Gasteiger partial charge in [-0.15, -0.1) is 0 Å². The Morgan fingerprint density at radius 3 is 2.29 bits per heavy atom. The van der Waals surface area contributed by atoms with Gasteiger partial charge in [0.05, 0.1) is 0 Å². The Balaban J connectivity index is 2.20. The molecule has 76 valence electrons. The summed E-state index contributed by atoms with van der Waals surface area (Å²) in [6.45, 7) is 8.00. The van der Waals surface area contributed by atoms with Crippen molar-refractivity contribution in [1.29, 1.82) is 0 Å². The van der Waals surface area contributed by atoms with Gasteiger partial charge in [-0.25, -0.2) is 0 Å². The maximum atomic E-state index is 3.32. The van der Waals surface area contributed by atoms with E-state index in [-0.39, 0.29) is 0 Å². The Labute approximate surface area is 86.5 Å². The molecule has 0 aliphatic carbocycles. The lowest BCUT2D eigenvalue weighted by Gasteiger charge is -2.23. The van der Waals surface area contributed by atoms with Crippen LogP contribution in [0.4, 0.5) is 0 Å². The van der Waals surface area contributed by atoms with Gasteiger partial charge in [-0.1, -0.05) is 45.0 Å². The molecule has 1 heteroatoms. The van der Waals surface area contributed by atoms with Gasteiger partial charge in [0.1, 0.15) is 0 Å². The van der Waals surface area contributed by atoms with E-state index < -0.39 is 0 Å². The lowest BCUT2D eigenvalue weighted by atomic mass is 9.82. The zero-order valence-corrected chi connectivity index (χ0v) is 9.30. The molecule has 0 unspecified atom stereocenters. The van der Waals surface area contributed by atoms with Crippen molar-refractivity contribution in [3.8, 4) is 0 Å². The van der Waals surface area contributed by atoms with Gasteiger partial charge in [-0.3, -0.25) is 0 Å². The summed E-state index contributed by atoms with van der Waals surface area (Å²) in [5.41, 5.74) is 3.19. The molecule has 2 rings (SSSR count). The van der Waals surface area contributed by atoms with Crippen molar-refractivity contribution >= 4 is 0 Å². The van der Waals surface area contributed by atoms with Crippen LogP contribution in [0, 0.1) is 0 Å². The molecule has 1 aromatic carbocycles. The molecule has 0 radical (unpaired) electrons. The number of hydrogen-bond acceptors (Lipinski definition) is 1. The second-order valence-corrected chi connectivity index (χ2v) is 4.82. The quantitative estimate of drug-likeness (QED) is 0.725. The number of hydrogen-bond donors (Lipinski definition) is 1. The maximum Gasteiger partial charge on any atom is 0.0447 e. The van der Waals surface area contributed by atoms with Crippen LogP contribution >= 0.6 is 0 Å². The van der Waals surface area contributed by atoms with Gasteiger partial charge in [-0.2, -0.15) is 0 Å². The first-order valence-electron chi connectivity index (χ1n) is 5.47. The molecule has 1 atom stereocenters. The Hall–Kier alpha value is -0.820. The summed E-state index contributed by atoms with van der Waals surface area (Å²) in [4.78, 5) is 0. The molecule has 0 bridgehead atoms. The highest BCUT2D eigenvalue weighted by Gasteiger charge is 2.23. The summed E-state index contributed by atoms with van der Waals surface area (Å²) in [6, 6.07) is 9.71. The van der Waals surface area contributed by atoms with Gasteiger partial charge in [-0.05, 0) is 23.0 Å². The molecule has 0 spiro atoms. The van der Waals surface area contributed by atoms with Crippen molar-refractivity contribution in [2.45, 2.75) is 38.6 Å². The molecule has 0 aromatic heterocycles. The lowest BCUT2D eigenvalue weighted by Crippen LogP contribution is -2.15. The standard InChI is InChI=1S/C13H19N/c1-4-13(2,3)11-7-5-10(6-8-11)12-9-14-12/h5-8,12,14H,4,9H2,1-3H3/t12-/m1/s1. The van der Waals surface area contributed by atoms with E-state index in [2.05, 4.69) is 50.4 Å². The number of rotatable bonds is 3. The molecular weight excluding hydrogens is 170 g/mol.